The molecule has 0 unspecified atom stereocenters. The Morgan fingerprint density at radius 1 is 0.595 bits per heavy atom. The Morgan fingerprint density at radius 2 is 1.07 bits per heavy atom. The molecule has 0 spiro atoms. The van der Waals surface area contributed by atoms with Gasteiger partial charge in [0, 0.05) is 32.6 Å². The number of nitrogens with two attached hydrogens (primary N) is 5. The average Bonchev–Trinajstić information content (AvgIpc) is 4.04. The number of aliphatic carboxylic acids is 2. The SMILES string of the molecule is CC(C)C[C@H](NC(=O)[C@@H]1CCCN1C(=O)[C@H](CCCN=C(N)N)NC(=O)[C@H](C)NC(=O)[C@H](C)NC(=O)CNC(=O)[C@H](CCC(=O)O)NC(=O)[C@@H](N)CO)C(=O)N1CCC[C@H]1C(=O)N[C@@H](CCCN=C(N)N)C(=O)O. The molecule has 9 amide bonds. The highest BCUT2D eigenvalue weighted by Crippen LogP contribution is 2.24. The Labute approximate surface area is 427 Å². The molecular formula is C44H76N16O14. The van der Waals surface area contributed by atoms with Crippen molar-refractivity contribution in [2.75, 3.05) is 39.3 Å². The molecular weight excluding hydrogens is 977 g/mol. The summed E-state index contributed by atoms with van der Waals surface area (Å²) in [6, 6.07) is -11.2. The van der Waals surface area contributed by atoms with Gasteiger partial charge in [-0.05, 0) is 84.0 Å². The number of aliphatic imine (C=N–C) groups is 2. The van der Waals surface area contributed by atoms with Crippen LogP contribution >= 0.6 is 0 Å². The third-order valence-electron chi connectivity index (χ3n) is 11.9. The van der Waals surface area contributed by atoms with Crippen LogP contribution in [-0.4, -0.2) is 196 Å². The molecule has 30 nitrogen and oxygen atoms in total. The van der Waals surface area contributed by atoms with Gasteiger partial charge in [0.05, 0.1) is 13.2 Å². The van der Waals surface area contributed by atoms with Crippen molar-refractivity contribution < 1.29 is 68.1 Å². The number of carboxylic acid groups (broad SMARTS) is 2. The van der Waals surface area contributed by atoms with Crippen LogP contribution in [0.4, 0.5) is 0 Å². The van der Waals surface area contributed by atoms with Gasteiger partial charge in [0.25, 0.3) is 0 Å². The van der Waals surface area contributed by atoms with E-state index in [0.717, 1.165) is 0 Å². The molecule has 2 aliphatic heterocycles. The quantitative estimate of drug-likeness (QED) is 0.0174. The number of nitrogens with zero attached hydrogens (tertiary/aromatic N) is 4. The van der Waals surface area contributed by atoms with Gasteiger partial charge in [0.2, 0.25) is 53.2 Å². The van der Waals surface area contributed by atoms with Crippen LogP contribution in [0.5, 0.6) is 0 Å². The maximum Gasteiger partial charge on any atom is 0.326 e. The Kier molecular flexibility index (Phi) is 26.5. The number of amides is 9. The normalized spacial score (nSPS) is 17.9. The monoisotopic (exact) mass is 1050 g/mol. The number of rotatable bonds is 31. The Hall–Kier alpha value is -7.37. The summed E-state index contributed by atoms with van der Waals surface area (Å²) in [5.41, 5.74) is 27.1. The third kappa shape index (κ3) is 21.4. The lowest BCUT2D eigenvalue weighted by atomic mass is 10.0. The summed E-state index contributed by atoms with van der Waals surface area (Å²) in [7, 11) is 0. The van der Waals surface area contributed by atoms with Crippen molar-refractivity contribution in [3.63, 3.8) is 0 Å². The molecule has 2 fully saturated rings. The van der Waals surface area contributed by atoms with Gasteiger partial charge in [-0.1, -0.05) is 13.8 Å². The first-order chi connectivity index (χ1) is 34.8. The fourth-order valence-corrected chi connectivity index (χ4v) is 8.00. The van der Waals surface area contributed by atoms with E-state index in [0.29, 0.717) is 12.8 Å². The van der Waals surface area contributed by atoms with Crippen molar-refractivity contribution >= 4 is 77.0 Å². The summed E-state index contributed by atoms with van der Waals surface area (Å²) in [5.74, 6) is -10.1. The summed E-state index contributed by atoms with van der Waals surface area (Å²) < 4.78 is 0. The van der Waals surface area contributed by atoms with E-state index < -0.39 is 139 Å². The van der Waals surface area contributed by atoms with Crippen LogP contribution in [0, 0.1) is 5.92 Å². The maximum absolute atomic E-state index is 14.3. The molecule has 0 aliphatic carbocycles. The van der Waals surface area contributed by atoms with Crippen molar-refractivity contribution in [3.8, 4) is 0 Å². The van der Waals surface area contributed by atoms with Gasteiger partial charge in [-0.25, -0.2) is 4.79 Å². The Bertz CT molecular complexity index is 2070. The number of carbonyl (C=O) groups excluding carboxylic acids is 9. The average molecular weight is 1050 g/mol. The molecule has 2 saturated heterocycles. The van der Waals surface area contributed by atoms with E-state index in [1.54, 1.807) is 0 Å². The number of aliphatic hydroxyl groups excluding tert-OH is 1. The first kappa shape index (κ1) is 62.7. The van der Waals surface area contributed by atoms with E-state index in [1.807, 2.05) is 13.8 Å². The van der Waals surface area contributed by atoms with Crippen LogP contribution < -0.4 is 65.9 Å². The van der Waals surface area contributed by atoms with Crippen molar-refractivity contribution in [2.45, 2.75) is 153 Å². The molecule has 0 aromatic rings. The summed E-state index contributed by atoms with van der Waals surface area (Å²) >= 11 is 0. The van der Waals surface area contributed by atoms with E-state index in [9.17, 15) is 57.8 Å². The predicted molar refractivity (Wildman–Crippen MR) is 264 cm³/mol. The zero-order valence-corrected chi connectivity index (χ0v) is 42.3. The van der Waals surface area contributed by atoms with Gasteiger partial charge in [-0.15, -0.1) is 0 Å². The van der Waals surface area contributed by atoms with E-state index >= 15 is 0 Å². The van der Waals surface area contributed by atoms with Gasteiger partial charge < -0.3 is 91.0 Å². The van der Waals surface area contributed by atoms with Crippen molar-refractivity contribution in [3.05, 3.63) is 0 Å². The number of carbonyl (C=O) groups is 11. The second-order valence-electron chi connectivity index (χ2n) is 18.4. The number of hydrogen-bond acceptors (Lipinski definition) is 15. The second kappa shape index (κ2) is 31.3. The Morgan fingerprint density at radius 3 is 1.55 bits per heavy atom. The molecule has 2 heterocycles. The van der Waals surface area contributed by atoms with Gasteiger partial charge in [0.1, 0.15) is 54.4 Å². The van der Waals surface area contributed by atoms with E-state index in [-0.39, 0.29) is 95.4 Å². The minimum atomic E-state index is -1.43. The predicted octanol–water partition coefficient (Wildman–Crippen LogP) is -6.54. The van der Waals surface area contributed by atoms with Crippen molar-refractivity contribution in [2.24, 2.45) is 44.6 Å². The molecule has 0 radical (unpaired) electrons. The van der Waals surface area contributed by atoms with E-state index in [1.165, 1.54) is 23.6 Å². The molecule has 2 aliphatic rings. The molecule has 20 N–H and O–H groups in total. The van der Waals surface area contributed by atoms with Gasteiger partial charge >= 0.3 is 11.9 Å². The summed E-state index contributed by atoms with van der Waals surface area (Å²) in [6.45, 7) is 5.25. The van der Waals surface area contributed by atoms with E-state index in [4.69, 9.17) is 38.9 Å². The van der Waals surface area contributed by atoms with Crippen molar-refractivity contribution in [1.82, 2.24) is 47.0 Å². The summed E-state index contributed by atoms with van der Waals surface area (Å²) in [6.07, 6.45) is 0.938. The molecule has 9 atom stereocenters. The van der Waals surface area contributed by atoms with Crippen LogP contribution in [-0.2, 0) is 52.7 Å². The van der Waals surface area contributed by atoms with Crippen LogP contribution in [0.3, 0.4) is 0 Å². The van der Waals surface area contributed by atoms with Crippen LogP contribution in [0.2, 0.25) is 0 Å². The number of guanidine groups is 2. The highest BCUT2D eigenvalue weighted by Gasteiger charge is 2.42. The third-order valence-corrected chi connectivity index (χ3v) is 11.9. The Balaban J connectivity index is 2.17. The molecule has 30 heteroatoms. The molecule has 0 bridgehead atoms. The fraction of sp³-hybridized carbons (Fsp3) is 0.705. The number of nitrogens with one attached hydrogen (secondary N) is 7. The minimum Gasteiger partial charge on any atom is -0.481 e. The van der Waals surface area contributed by atoms with Gasteiger partial charge in [0.15, 0.2) is 11.9 Å². The summed E-state index contributed by atoms with van der Waals surface area (Å²) in [5, 5.41) is 45.1. The van der Waals surface area contributed by atoms with Crippen LogP contribution in [0.15, 0.2) is 9.98 Å². The molecule has 0 aromatic heterocycles. The highest BCUT2D eigenvalue weighted by atomic mass is 16.4. The van der Waals surface area contributed by atoms with Crippen LogP contribution in [0.25, 0.3) is 0 Å². The lowest BCUT2D eigenvalue weighted by molar-refractivity contribution is -0.146. The molecule has 0 saturated carbocycles. The largest absolute Gasteiger partial charge is 0.481 e. The van der Waals surface area contributed by atoms with Gasteiger partial charge in [-0.3, -0.25) is 57.9 Å². The molecule has 416 valence electrons. The second-order valence-corrected chi connectivity index (χ2v) is 18.4. The molecule has 0 aromatic carbocycles. The number of carboxylic acids is 2. The fourth-order valence-electron chi connectivity index (χ4n) is 8.00. The minimum absolute atomic E-state index is 0.0167. The first-order valence-electron chi connectivity index (χ1n) is 24.4. The lowest BCUT2D eigenvalue weighted by Crippen LogP contribution is -2.59. The zero-order valence-electron chi connectivity index (χ0n) is 42.3. The number of hydrogen-bond donors (Lipinski definition) is 15. The first-order valence-corrected chi connectivity index (χ1v) is 24.4. The van der Waals surface area contributed by atoms with Gasteiger partial charge in [-0.2, -0.15) is 0 Å². The molecule has 2 rings (SSSR count). The maximum atomic E-state index is 14.3. The number of aliphatic hydroxyl groups is 1. The van der Waals surface area contributed by atoms with Crippen LogP contribution in [0.1, 0.15) is 98.3 Å². The highest BCUT2D eigenvalue weighted by molar-refractivity contribution is 5.98. The van der Waals surface area contributed by atoms with E-state index in [2.05, 4.69) is 47.2 Å². The lowest BCUT2D eigenvalue weighted by Gasteiger charge is -2.32. The smallest absolute Gasteiger partial charge is 0.326 e. The summed E-state index contributed by atoms with van der Waals surface area (Å²) in [4.78, 5) is 154. The standard InChI is InChI=1S/C44H76N16O14/c1-22(2)19-29(41(72)60-18-8-11-30(60)38(69)57-28(42(73)74)10-6-16-51-44(48)49)58-39(70)31-12-7-17-59(31)40(71)27(9-5-15-50-43(46)47)56-35(66)24(4)54-34(65)23(3)53-32(62)20-52-37(68)26(13-14-33(63)64)55-36(67)25(45)21-61/h22-31,61H,5-21,45H2,1-4H3,(H,52,68)(H,53,62)(H,54,65)(H,55,67)(H,56,66)(H,57,69)(H,58,70)(H,63,64)(H,73,74)(H4,46,47,50)(H4,48,49,51)/t23-,24-,25-,26-,27-,28-,29-,30-,31-/m0/s1. The number of likely N-dealkylation sites (tertiary alicyclic amines) is 2. The molecule has 74 heavy (non-hydrogen) atoms. The zero-order chi connectivity index (χ0) is 55.8. The topological polar surface area (TPSA) is 494 Å². The van der Waals surface area contributed by atoms with Crippen molar-refractivity contribution in [1.29, 1.82) is 0 Å².